The maximum absolute atomic E-state index is 12.9. The maximum atomic E-state index is 12.9. The standard InChI is InChI=1S/C24H26N2O6S/c1-5-30-19-12-15(6-8-17(19)28-3)22-21(23(27)29-4)14(2)26(24(33)25-22)16-7-9-18-20(13-16)32-11-10-31-18/h6-9,12-13,22H,5,10-11H2,1-4H3,(H,25,33)/t22-/m1/s1. The average molecular weight is 471 g/mol. The Morgan fingerprint density at radius 2 is 1.88 bits per heavy atom. The van der Waals surface area contributed by atoms with Gasteiger partial charge in [0.05, 0.1) is 38.1 Å². The van der Waals surface area contributed by atoms with Crippen molar-refractivity contribution in [3.63, 3.8) is 0 Å². The Morgan fingerprint density at radius 3 is 2.58 bits per heavy atom. The number of carbonyl (C=O) groups is 1. The third kappa shape index (κ3) is 4.28. The van der Waals surface area contributed by atoms with Crippen molar-refractivity contribution >= 4 is 29.0 Å². The van der Waals surface area contributed by atoms with Gasteiger partial charge in [0.1, 0.15) is 13.2 Å². The number of fused-ring (bicyclic) bond motifs is 1. The zero-order chi connectivity index (χ0) is 23.5. The van der Waals surface area contributed by atoms with Crippen molar-refractivity contribution < 1.29 is 28.5 Å². The van der Waals surface area contributed by atoms with E-state index in [1.807, 2.05) is 50.2 Å². The van der Waals surface area contributed by atoms with E-state index in [0.29, 0.717) is 59.2 Å². The van der Waals surface area contributed by atoms with Gasteiger partial charge in [0, 0.05) is 11.8 Å². The van der Waals surface area contributed by atoms with Crippen molar-refractivity contribution in [2.45, 2.75) is 19.9 Å². The number of thiocarbonyl (C=S) groups is 1. The number of esters is 1. The minimum atomic E-state index is -0.525. The van der Waals surface area contributed by atoms with Gasteiger partial charge in [0.2, 0.25) is 0 Å². The van der Waals surface area contributed by atoms with Gasteiger partial charge in [-0.15, -0.1) is 0 Å². The Hall–Kier alpha value is -3.46. The second-order valence-corrected chi connectivity index (χ2v) is 7.77. The Kier molecular flexibility index (Phi) is 6.60. The third-order valence-corrected chi connectivity index (χ3v) is 5.80. The summed E-state index contributed by atoms with van der Waals surface area (Å²) >= 11 is 5.73. The predicted molar refractivity (Wildman–Crippen MR) is 127 cm³/mol. The van der Waals surface area contributed by atoms with E-state index >= 15 is 0 Å². The molecule has 1 atom stereocenters. The molecule has 2 aliphatic heterocycles. The van der Waals surface area contributed by atoms with Crippen LogP contribution in [0.25, 0.3) is 0 Å². The van der Waals surface area contributed by atoms with E-state index in [2.05, 4.69) is 5.32 Å². The first kappa shape index (κ1) is 22.7. The number of anilines is 1. The first-order valence-corrected chi connectivity index (χ1v) is 11.0. The number of allylic oxidation sites excluding steroid dienone is 1. The number of carbonyl (C=O) groups excluding carboxylic acids is 1. The molecule has 2 heterocycles. The number of hydrogen-bond acceptors (Lipinski definition) is 7. The van der Waals surface area contributed by atoms with Gasteiger partial charge in [-0.25, -0.2) is 4.79 Å². The maximum Gasteiger partial charge on any atom is 0.337 e. The lowest BCUT2D eigenvalue weighted by atomic mass is 9.94. The minimum Gasteiger partial charge on any atom is -0.493 e. The van der Waals surface area contributed by atoms with Crippen molar-refractivity contribution in [2.24, 2.45) is 0 Å². The van der Waals surface area contributed by atoms with Crippen molar-refractivity contribution in [1.82, 2.24) is 5.32 Å². The van der Waals surface area contributed by atoms with Crippen LogP contribution in [0, 0.1) is 0 Å². The lowest BCUT2D eigenvalue weighted by Gasteiger charge is -2.37. The molecule has 9 heteroatoms. The molecule has 0 aliphatic carbocycles. The van der Waals surface area contributed by atoms with Gasteiger partial charge in [0.25, 0.3) is 0 Å². The second kappa shape index (κ2) is 9.58. The van der Waals surface area contributed by atoms with Crippen LogP contribution >= 0.6 is 12.2 Å². The Morgan fingerprint density at radius 1 is 1.12 bits per heavy atom. The van der Waals surface area contributed by atoms with Crippen LogP contribution in [0.5, 0.6) is 23.0 Å². The quantitative estimate of drug-likeness (QED) is 0.502. The van der Waals surface area contributed by atoms with E-state index in [0.717, 1.165) is 11.3 Å². The Bertz CT molecular complexity index is 1120. The van der Waals surface area contributed by atoms with Crippen molar-refractivity contribution in [2.75, 3.05) is 38.9 Å². The first-order chi connectivity index (χ1) is 16.0. The fourth-order valence-electron chi connectivity index (χ4n) is 3.99. The molecule has 2 aromatic rings. The van der Waals surface area contributed by atoms with Gasteiger partial charge in [0.15, 0.2) is 28.1 Å². The van der Waals surface area contributed by atoms with E-state index in [4.69, 9.17) is 35.9 Å². The van der Waals surface area contributed by atoms with Crippen molar-refractivity contribution in [3.8, 4) is 23.0 Å². The van der Waals surface area contributed by atoms with E-state index < -0.39 is 12.0 Å². The van der Waals surface area contributed by atoms with E-state index in [1.54, 1.807) is 12.0 Å². The van der Waals surface area contributed by atoms with Crippen LogP contribution in [0.1, 0.15) is 25.5 Å². The summed E-state index contributed by atoms with van der Waals surface area (Å²) in [5.41, 5.74) is 2.64. The molecule has 4 rings (SSSR count). The molecular weight excluding hydrogens is 444 g/mol. The summed E-state index contributed by atoms with van der Waals surface area (Å²) in [5.74, 6) is 2.05. The summed E-state index contributed by atoms with van der Waals surface area (Å²) in [6, 6.07) is 10.6. The van der Waals surface area contributed by atoms with Crippen LogP contribution in [0.15, 0.2) is 47.7 Å². The molecule has 1 N–H and O–H groups in total. The fraction of sp³-hybridized carbons (Fsp3) is 0.333. The van der Waals surface area contributed by atoms with Gasteiger partial charge in [-0.1, -0.05) is 6.07 Å². The van der Waals surface area contributed by atoms with E-state index in [9.17, 15) is 4.79 Å². The SMILES string of the molecule is CCOc1cc([C@H]2NC(=S)N(c3ccc4c(c3)OCCO4)C(C)=C2C(=O)OC)ccc1OC. The van der Waals surface area contributed by atoms with Gasteiger partial charge in [-0.2, -0.15) is 0 Å². The van der Waals surface area contributed by atoms with Gasteiger partial charge >= 0.3 is 5.97 Å². The molecule has 33 heavy (non-hydrogen) atoms. The molecule has 0 spiro atoms. The highest BCUT2D eigenvalue weighted by atomic mass is 32.1. The molecule has 0 aromatic heterocycles. The average Bonchev–Trinajstić information content (AvgIpc) is 2.83. The van der Waals surface area contributed by atoms with Crippen molar-refractivity contribution in [3.05, 3.63) is 53.2 Å². The van der Waals surface area contributed by atoms with Crippen LogP contribution in [0.3, 0.4) is 0 Å². The second-order valence-electron chi connectivity index (χ2n) is 7.38. The van der Waals surface area contributed by atoms with Crippen molar-refractivity contribution in [1.29, 1.82) is 0 Å². The highest BCUT2D eigenvalue weighted by molar-refractivity contribution is 7.80. The molecule has 0 saturated heterocycles. The van der Waals surface area contributed by atoms with E-state index in [1.165, 1.54) is 7.11 Å². The van der Waals surface area contributed by atoms with Crippen LogP contribution in [0.2, 0.25) is 0 Å². The number of nitrogens with one attached hydrogen (secondary N) is 1. The molecule has 0 amide bonds. The molecule has 0 bridgehead atoms. The summed E-state index contributed by atoms with van der Waals surface area (Å²) in [6.45, 7) is 5.20. The molecule has 0 fully saturated rings. The summed E-state index contributed by atoms with van der Waals surface area (Å²) in [5, 5.41) is 3.73. The summed E-state index contributed by atoms with van der Waals surface area (Å²) in [6.07, 6.45) is 0. The molecule has 2 aliphatic rings. The van der Waals surface area contributed by atoms with Crippen LogP contribution in [-0.2, 0) is 9.53 Å². The smallest absolute Gasteiger partial charge is 0.337 e. The molecule has 0 radical (unpaired) electrons. The monoisotopic (exact) mass is 470 g/mol. The zero-order valence-corrected chi connectivity index (χ0v) is 19.8. The Balaban J connectivity index is 1.79. The summed E-state index contributed by atoms with van der Waals surface area (Å²) < 4.78 is 27.6. The third-order valence-electron chi connectivity index (χ3n) is 5.49. The molecule has 2 aromatic carbocycles. The lowest BCUT2D eigenvalue weighted by molar-refractivity contribution is -0.136. The largest absolute Gasteiger partial charge is 0.493 e. The normalized spacial score (nSPS) is 17.4. The predicted octanol–water partition coefficient (Wildman–Crippen LogP) is 3.75. The molecule has 174 valence electrons. The number of ether oxygens (including phenoxy) is 5. The number of nitrogens with zero attached hydrogens (tertiary/aromatic N) is 1. The Labute approximate surface area is 198 Å². The minimum absolute atomic E-state index is 0.439. The van der Waals surface area contributed by atoms with Gasteiger partial charge in [-0.05, 0) is 55.9 Å². The number of hydrogen-bond donors (Lipinski definition) is 1. The van der Waals surface area contributed by atoms with Gasteiger partial charge < -0.3 is 29.0 Å². The lowest BCUT2D eigenvalue weighted by Crippen LogP contribution is -2.48. The van der Waals surface area contributed by atoms with Gasteiger partial charge in [-0.3, -0.25) is 4.90 Å². The van der Waals surface area contributed by atoms with E-state index in [-0.39, 0.29) is 0 Å². The molecule has 0 unspecified atom stereocenters. The zero-order valence-electron chi connectivity index (χ0n) is 19.0. The number of rotatable bonds is 6. The number of benzene rings is 2. The highest BCUT2D eigenvalue weighted by Gasteiger charge is 2.36. The number of methoxy groups -OCH3 is 2. The summed E-state index contributed by atoms with van der Waals surface area (Å²) in [4.78, 5) is 14.7. The van der Waals surface area contributed by atoms with Crippen LogP contribution in [-0.4, -0.2) is 45.1 Å². The van der Waals surface area contributed by atoms with Crippen LogP contribution < -0.4 is 29.2 Å². The first-order valence-electron chi connectivity index (χ1n) is 10.6. The molecular formula is C24H26N2O6S. The molecule has 8 nitrogen and oxygen atoms in total. The fourth-order valence-corrected chi connectivity index (χ4v) is 4.35. The topological polar surface area (TPSA) is 78.5 Å². The summed E-state index contributed by atoms with van der Waals surface area (Å²) in [7, 11) is 2.95. The molecule has 0 saturated carbocycles. The van der Waals surface area contributed by atoms with Crippen LogP contribution in [0.4, 0.5) is 5.69 Å². The highest BCUT2D eigenvalue weighted by Crippen LogP contribution is 2.40.